The van der Waals surface area contributed by atoms with Crippen LogP contribution in [0.5, 0.6) is 0 Å². The minimum atomic E-state index is 0.0665. The van der Waals surface area contributed by atoms with Crippen LogP contribution in [0.4, 0.5) is 17.1 Å². The first-order valence-corrected chi connectivity index (χ1v) is 19.1. The van der Waals surface area contributed by atoms with Crippen molar-refractivity contribution in [2.45, 2.75) is 88.9 Å². The molecule has 4 fully saturated rings. The first kappa shape index (κ1) is 29.8. The lowest BCUT2D eigenvalue weighted by Gasteiger charge is -2.61. The normalized spacial score (nSPS) is 27.8. The van der Waals surface area contributed by atoms with E-state index in [4.69, 9.17) is 0 Å². The van der Waals surface area contributed by atoms with Crippen molar-refractivity contribution in [2.24, 2.45) is 23.7 Å². The number of rotatable bonds is 4. The Kier molecular flexibility index (Phi) is 6.36. The molecule has 1 spiro atoms. The zero-order chi connectivity index (χ0) is 33.1. The molecule has 0 atom stereocenters. The summed E-state index contributed by atoms with van der Waals surface area (Å²) in [6.45, 7) is 9.87. The van der Waals surface area contributed by atoms with Gasteiger partial charge in [-0.3, -0.25) is 0 Å². The van der Waals surface area contributed by atoms with Gasteiger partial charge in [0.2, 0.25) is 0 Å². The summed E-state index contributed by atoms with van der Waals surface area (Å²) in [6.07, 6.45) is 9.46. The maximum absolute atomic E-state index is 2.72. The summed E-state index contributed by atoms with van der Waals surface area (Å²) in [5.41, 5.74) is 16.1. The average molecular weight is 640 g/mol. The fourth-order valence-electron chi connectivity index (χ4n) is 12.1. The van der Waals surface area contributed by atoms with Crippen molar-refractivity contribution in [3.05, 3.63) is 138 Å². The Morgan fingerprint density at radius 3 is 1.82 bits per heavy atom. The summed E-state index contributed by atoms with van der Waals surface area (Å²) < 4.78 is 0. The molecule has 0 aromatic heterocycles. The van der Waals surface area contributed by atoms with Crippen LogP contribution in [0.3, 0.4) is 0 Å². The van der Waals surface area contributed by atoms with Crippen LogP contribution < -0.4 is 4.90 Å². The van der Waals surface area contributed by atoms with E-state index < -0.39 is 0 Å². The largest absolute Gasteiger partial charge is 0.310 e. The zero-order valence-corrected chi connectivity index (χ0v) is 29.7. The Morgan fingerprint density at radius 1 is 0.490 bits per heavy atom. The van der Waals surface area contributed by atoms with Crippen molar-refractivity contribution in [2.75, 3.05) is 4.90 Å². The molecule has 246 valence electrons. The molecule has 0 N–H and O–H groups in total. The van der Waals surface area contributed by atoms with Crippen molar-refractivity contribution in [1.82, 2.24) is 0 Å². The minimum absolute atomic E-state index is 0.0665. The Labute approximate surface area is 293 Å². The Balaban J connectivity index is 1.30. The number of hydrogen-bond donors (Lipinski definition) is 0. The van der Waals surface area contributed by atoms with Crippen LogP contribution in [0.1, 0.15) is 94.9 Å². The summed E-state index contributed by atoms with van der Waals surface area (Å²) >= 11 is 0. The second-order valence-corrected chi connectivity index (χ2v) is 17.6. The van der Waals surface area contributed by atoms with E-state index in [2.05, 4.69) is 148 Å². The molecule has 5 aromatic carbocycles. The minimum Gasteiger partial charge on any atom is -0.310 e. The molecule has 1 heteroatoms. The third kappa shape index (κ3) is 4.17. The lowest BCUT2D eigenvalue weighted by Crippen LogP contribution is -2.55. The second kappa shape index (κ2) is 10.5. The van der Waals surface area contributed by atoms with E-state index in [0.29, 0.717) is 0 Å². The summed E-state index contributed by atoms with van der Waals surface area (Å²) in [4.78, 5) is 2.66. The fourth-order valence-corrected chi connectivity index (χ4v) is 12.1. The van der Waals surface area contributed by atoms with Crippen LogP contribution in [0.2, 0.25) is 0 Å². The van der Waals surface area contributed by atoms with Gasteiger partial charge in [-0.2, -0.15) is 0 Å². The highest BCUT2D eigenvalue weighted by atomic mass is 15.1. The van der Waals surface area contributed by atoms with Crippen molar-refractivity contribution in [1.29, 1.82) is 0 Å². The topological polar surface area (TPSA) is 3.24 Å². The van der Waals surface area contributed by atoms with E-state index in [1.807, 2.05) is 0 Å². The van der Waals surface area contributed by atoms with Crippen LogP contribution in [0.15, 0.2) is 115 Å². The molecule has 0 aliphatic heterocycles. The quantitative estimate of drug-likeness (QED) is 0.189. The first-order valence-electron chi connectivity index (χ1n) is 19.1. The van der Waals surface area contributed by atoms with Crippen molar-refractivity contribution in [3.8, 4) is 22.3 Å². The first-order chi connectivity index (χ1) is 23.8. The summed E-state index contributed by atoms with van der Waals surface area (Å²) in [5, 5.41) is 0. The predicted molar refractivity (Wildman–Crippen MR) is 205 cm³/mol. The van der Waals surface area contributed by atoms with Gasteiger partial charge in [-0.15, -0.1) is 0 Å². The molecule has 4 bridgehead atoms. The van der Waals surface area contributed by atoms with Gasteiger partial charge < -0.3 is 4.90 Å². The molecule has 6 aliphatic carbocycles. The highest BCUT2D eigenvalue weighted by Crippen LogP contribution is 2.70. The van der Waals surface area contributed by atoms with Crippen LogP contribution >= 0.6 is 0 Å². The zero-order valence-electron chi connectivity index (χ0n) is 29.7. The average Bonchev–Trinajstić information content (AvgIpc) is 3.39. The van der Waals surface area contributed by atoms with E-state index in [9.17, 15) is 0 Å². The molecule has 4 saturated carbocycles. The third-order valence-electron chi connectivity index (χ3n) is 14.1. The van der Waals surface area contributed by atoms with Gasteiger partial charge in [0.25, 0.3) is 0 Å². The Hall–Kier alpha value is -4.10. The predicted octanol–water partition coefficient (Wildman–Crippen LogP) is 12.9. The molecule has 5 aromatic rings. The van der Waals surface area contributed by atoms with E-state index in [-0.39, 0.29) is 16.2 Å². The summed E-state index contributed by atoms with van der Waals surface area (Å²) in [6, 6.07) is 44.5. The summed E-state index contributed by atoms with van der Waals surface area (Å²) in [5.74, 6) is 3.32. The molecular formula is C48H49N. The number of nitrogens with zero attached hydrogens (tertiary/aromatic N) is 1. The molecule has 0 amide bonds. The van der Waals surface area contributed by atoms with Gasteiger partial charge in [-0.25, -0.2) is 0 Å². The number of fused-ring (bicyclic) bond motifs is 4. The molecule has 0 heterocycles. The van der Waals surface area contributed by atoms with Crippen molar-refractivity contribution >= 4 is 17.1 Å². The maximum atomic E-state index is 2.72. The molecular weight excluding hydrogens is 591 g/mol. The highest BCUT2D eigenvalue weighted by Gasteiger charge is 2.61. The number of anilines is 3. The van der Waals surface area contributed by atoms with Gasteiger partial charge >= 0.3 is 0 Å². The van der Waals surface area contributed by atoms with E-state index >= 15 is 0 Å². The van der Waals surface area contributed by atoms with Gasteiger partial charge in [0.1, 0.15) is 0 Å². The monoisotopic (exact) mass is 639 g/mol. The number of hydrogen-bond acceptors (Lipinski definition) is 1. The van der Waals surface area contributed by atoms with Crippen LogP contribution in [0, 0.1) is 23.7 Å². The second-order valence-electron chi connectivity index (χ2n) is 17.6. The lowest BCUT2D eigenvalue weighted by atomic mass is 9.43. The third-order valence-corrected chi connectivity index (χ3v) is 14.1. The molecule has 1 nitrogen and oxygen atoms in total. The Bertz CT molecular complexity index is 2060. The van der Waals surface area contributed by atoms with Gasteiger partial charge in [0.05, 0.1) is 11.4 Å². The smallest absolute Gasteiger partial charge is 0.0543 e. The van der Waals surface area contributed by atoms with Crippen LogP contribution in [-0.2, 0) is 16.2 Å². The van der Waals surface area contributed by atoms with E-state index in [0.717, 1.165) is 23.7 Å². The molecule has 0 unspecified atom stereocenters. The molecule has 49 heavy (non-hydrogen) atoms. The van der Waals surface area contributed by atoms with E-state index in [1.165, 1.54) is 95.4 Å². The fraction of sp³-hybridized carbons (Fsp3) is 0.375. The van der Waals surface area contributed by atoms with Gasteiger partial charge in [-0.05, 0) is 149 Å². The van der Waals surface area contributed by atoms with Crippen molar-refractivity contribution in [3.63, 3.8) is 0 Å². The maximum Gasteiger partial charge on any atom is 0.0543 e. The SMILES string of the molecule is CC1(C)CCC(C)(C)c2c(N(c3ccccc3)c3cc4c(cc3-c3ccccc3)-c3ccccc3C43C4CC5CC(C4)CC3C5)cccc21. The van der Waals surface area contributed by atoms with Crippen LogP contribution in [0.25, 0.3) is 22.3 Å². The summed E-state index contributed by atoms with van der Waals surface area (Å²) in [7, 11) is 0. The molecule has 11 rings (SSSR count). The number of para-hydroxylation sites is 1. The van der Waals surface area contributed by atoms with Gasteiger partial charge in [0, 0.05) is 16.7 Å². The standard InChI is InChI=1S/C48H49N/c1-46(2)22-23-47(3,4)45-41(46)20-13-21-43(45)49(36-16-9-6-10-17-36)44-30-42-39(29-38(44)33-14-7-5-8-15-33)37-18-11-12-19-40(37)48(42)34-25-31-24-32(27-34)28-35(48)26-31/h5-21,29-32,34-35H,22-28H2,1-4H3. The highest BCUT2D eigenvalue weighted by molar-refractivity contribution is 5.95. The molecule has 0 saturated heterocycles. The number of benzene rings is 5. The van der Waals surface area contributed by atoms with Gasteiger partial charge in [0.15, 0.2) is 0 Å². The van der Waals surface area contributed by atoms with Crippen LogP contribution in [-0.4, -0.2) is 0 Å². The lowest BCUT2D eigenvalue weighted by molar-refractivity contribution is -0.0399. The van der Waals surface area contributed by atoms with Gasteiger partial charge in [-0.1, -0.05) is 113 Å². The van der Waals surface area contributed by atoms with Crippen molar-refractivity contribution < 1.29 is 0 Å². The molecule has 0 radical (unpaired) electrons. The molecule has 6 aliphatic rings. The Morgan fingerprint density at radius 2 is 1.10 bits per heavy atom. The van der Waals surface area contributed by atoms with E-state index in [1.54, 1.807) is 11.1 Å².